The van der Waals surface area contributed by atoms with E-state index in [0.717, 1.165) is 32.1 Å². The van der Waals surface area contributed by atoms with Crippen LogP contribution >= 0.6 is 0 Å². The van der Waals surface area contributed by atoms with Crippen LogP contribution in [0.5, 0.6) is 11.5 Å². The molecular formula is C24H24N2O7. The van der Waals surface area contributed by atoms with Crippen molar-refractivity contribution in [3.63, 3.8) is 0 Å². The first-order valence-electron chi connectivity index (χ1n) is 10.7. The third-order valence-electron chi connectivity index (χ3n) is 6.12. The number of nitrogens with one attached hydrogen (secondary N) is 1. The lowest BCUT2D eigenvalue weighted by atomic mass is 9.94. The molecular weight excluding hydrogens is 428 g/mol. The number of carbonyl (C=O) groups is 4. The number of methoxy groups -OCH3 is 2. The second-order valence-electron chi connectivity index (χ2n) is 8.04. The molecule has 9 heteroatoms. The molecule has 4 rings (SSSR count). The average Bonchev–Trinajstić information content (AvgIpc) is 3.08. The maximum Gasteiger partial charge on any atom is 0.337 e. The quantitative estimate of drug-likeness (QED) is 0.642. The molecule has 1 heterocycles. The van der Waals surface area contributed by atoms with Gasteiger partial charge in [0.05, 0.1) is 36.6 Å². The Balaban J connectivity index is 1.62. The Labute approximate surface area is 190 Å². The zero-order valence-electron chi connectivity index (χ0n) is 18.3. The monoisotopic (exact) mass is 452 g/mol. The predicted molar refractivity (Wildman–Crippen MR) is 118 cm³/mol. The highest BCUT2D eigenvalue weighted by atomic mass is 16.5. The molecule has 2 aliphatic rings. The van der Waals surface area contributed by atoms with Gasteiger partial charge in [-0.1, -0.05) is 19.3 Å². The molecule has 1 aliphatic heterocycles. The van der Waals surface area contributed by atoms with Crippen LogP contribution in [0.3, 0.4) is 0 Å². The van der Waals surface area contributed by atoms with Gasteiger partial charge >= 0.3 is 5.97 Å². The Kier molecular flexibility index (Phi) is 6.04. The molecule has 0 spiro atoms. The number of carboxylic acid groups (broad SMARTS) is 1. The van der Waals surface area contributed by atoms with Crippen LogP contribution in [0.25, 0.3) is 0 Å². The van der Waals surface area contributed by atoms with Gasteiger partial charge in [0.2, 0.25) is 0 Å². The molecule has 1 saturated carbocycles. The molecule has 9 nitrogen and oxygen atoms in total. The standard InChI is InChI=1S/C24H24N2O7/c1-32-19-11-17(24(30)31)18(12-20(19)33-2)25-21(27)13-8-9-15-16(10-13)23(29)26(22(15)28)14-6-4-3-5-7-14/h8-12,14H,3-7H2,1-2H3,(H,25,27)(H,30,31). The SMILES string of the molecule is COc1cc(NC(=O)c2ccc3c(c2)C(=O)N(C2CCCCC2)C3=O)c(C(=O)O)cc1OC. The second kappa shape index (κ2) is 8.93. The number of hydrogen-bond acceptors (Lipinski definition) is 6. The van der Waals surface area contributed by atoms with Crippen LogP contribution in [0.4, 0.5) is 5.69 Å². The molecule has 0 bridgehead atoms. The Morgan fingerprint density at radius 2 is 1.58 bits per heavy atom. The number of hydrogen-bond donors (Lipinski definition) is 2. The number of carbonyl (C=O) groups excluding carboxylic acids is 3. The van der Waals surface area contributed by atoms with Gasteiger partial charge in [-0.15, -0.1) is 0 Å². The summed E-state index contributed by atoms with van der Waals surface area (Å²) in [5, 5.41) is 12.1. The van der Waals surface area contributed by atoms with Crippen LogP contribution in [0, 0.1) is 0 Å². The van der Waals surface area contributed by atoms with E-state index < -0.39 is 17.8 Å². The van der Waals surface area contributed by atoms with Crippen LogP contribution in [0.2, 0.25) is 0 Å². The summed E-state index contributed by atoms with van der Waals surface area (Å²) < 4.78 is 10.3. The van der Waals surface area contributed by atoms with Crippen molar-refractivity contribution in [3.8, 4) is 11.5 Å². The summed E-state index contributed by atoms with van der Waals surface area (Å²) in [5.41, 5.74) is 0.420. The number of anilines is 1. The van der Waals surface area contributed by atoms with Gasteiger partial charge in [-0.3, -0.25) is 19.3 Å². The van der Waals surface area contributed by atoms with Crippen LogP contribution in [-0.4, -0.2) is 54.0 Å². The number of rotatable bonds is 6. The van der Waals surface area contributed by atoms with Crippen molar-refractivity contribution in [3.05, 3.63) is 52.6 Å². The Morgan fingerprint density at radius 1 is 0.939 bits per heavy atom. The molecule has 2 N–H and O–H groups in total. The molecule has 33 heavy (non-hydrogen) atoms. The van der Waals surface area contributed by atoms with E-state index in [1.165, 1.54) is 49.5 Å². The number of fused-ring (bicyclic) bond motifs is 1. The maximum absolute atomic E-state index is 13.0. The highest BCUT2D eigenvalue weighted by Crippen LogP contribution is 2.34. The zero-order valence-corrected chi connectivity index (χ0v) is 18.3. The van der Waals surface area contributed by atoms with Gasteiger partial charge in [0, 0.05) is 23.7 Å². The highest BCUT2D eigenvalue weighted by molar-refractivity contribution is 6.22. The largest absolute Gasteiger partial charge is 0.493 e. The second-order valence-corrected chi connectivity index (χ2v) is 8.04. The molecule has 1 fully saturated rings. The minimum absolute atomic E-state index is 0.0110. The number of carboxylic acids is 1. The first-order valence-corrected chi connectivity index (χ1v) is 10.7. The van der Waals surface area contributed by atoms with Crippen molar-refractivity contribution in [2.24, 2.45) is 0 Å². The summed E-state index contributed by atoms with van der Waals surface area (Å²) in [7, 11) is 2.77. The number of nitrogens with zero attached hydrogens (tertiary/aromatic N) is 1. The van der Waals surface area contributed by atoms with Gasteiger partial charge in [-0.25, -0.2) is 4.79 Å². The van der Waals surface area contributed by atoms with E-state index in [0.29, 0.717) is 0 Å². The van der Waals surface area contributed by atoms with Crippen LogP contribution < -0.4 is 14.8 Å². The fraction of sp³-hybridized carbons (Fsp3) is 0.333. The first-order chi connectivity index (χ1) is 15.8. The van der Waals surface area contributed by atoms with Gasteiger partial charge in [0.15, 0.2) is 11.5 Å². The van der Waals surface area contributed by atoms with E-state index in [4.69, 9.17) is 9.47 Å². The van der Waals surface area contributed by atoms with Gasteiger partial charge in [-0.05, 0) is 31.0 Å². The van der Waals surface area contributed by atoms with Gasteiger partial charge in [-0.2, -0.15) is 0 Å². The minimum Gasteiger partial charge on any atom is -0.493 e. The van der Waals surface area contributed by atoms with Crippen LogP contribution in [0.15, 0.2) is 30.3 Å². The molecule has 2 aromatic carbocycles. The highest BCUT2D eigenvalue weighted by Gasteiger charge is 2.40. The fourth-order valence-electron chi connectivity index (χ4n) is 4.43. The number of benzene rings is 2. The minimum atomic E-state index is -1.26. The van der Waals surface area contributed by atoms with E-state index in [-0.39, 0.29) is 51.4 Å². The summed E-state index contributed by atoms with van der Waals surface area (Å²) in [5.74, 6) is -2.16. The van der Waals surface area contributed by atoms with E-state index in [1.54, 1.807) is 0 Å². The van der Waals surface area contributed by atoms with Gasteiger partial charge < -0.3 is 19.9 Å². The van der Waals surface area contributed by atoms with Crippen LogP contribution in [0.1, 0.15) is 73.5 Å². The van der Waals surface area contributed by atoms with Crippen molar-refractivity contribution >= 4 is 29.4 Å². The zero-order chi connectivity index (χ0) is 23.7. The molecule has 172 valence electrons. The number of aromatic carboxylic acids is 1. The lowest BCUT2D eigenvalue weighted by Gasteiger charge is -2.29. The van der Waals surface area contributed by atoms with E-state index >= 15 is 0 Å². The normalized spacial score (nSPS) is 15.9. The summed E-state index contributed by atoms with van der Waals surface area (Å²) >= 11 is 0. The number of ether oxygens (including phenoxy) is 2. The van der Waals surface area contributed by atoms with Crippen molar-refractivity contribution in [1.82, 2.24) is 4.90 Å². The van der Waals surface area contributed by atoms with Crippen molar-refractivity contribution < 1.29 is 33.8 Å². The molecule has 0 saturated heterocycles. The lowest BCUT2D eigenvalue weighted by Crippen LogP contribution is -2.40. The smallest absolute Gasteiger partial charge is 0.337 e. The molecule has 0 atom stereocenters. The molecule has 1 aliphatic carbocycles. The Bertz CT molecular complexity index is 1150. The van der Waals surface area contributed by atoms with Crippen LogP contribution in [-0.2, 0) is 0 Å². The van der Waals surface area contributed by atoms with E-state index in [1.807, 2.05) is 0 Å². The molecule has 0 unspecified atom stereocenters. The van der Waals surface area contributed by atoms with E-state index in [2.05, 4.69) is 5.32 Å². The summed E-state index contributed by atoms with van der Waals surface area (Å²) in [6.07, 6.45) is 4.62. The summed E-state index contributed by atoms with van der Waals surface area (Å²) in [6.45, 7) is 0. The summed E-state index contributed by atoms with van der Waals surface area (Å²) in [4.78, 5) is 51.8. The van der Waals surface area contributed by atoms with Crippen molar-refractivity contribution in [2.75, 3.05) is 19.5 Å². The molecule has 2 aromatic rings. The predicted octanol–water partition coefficient (Wildman–Crippen LogP) is 3.58. The third kappa shape index (κ3) is 4.02. The van der Waals surface area contributed by atoms with Gasteiger partial charge in [0.1, 0.15) is 0 Å². The lowest BCUT2D eigenvalue weighted by molar-refractivity contribution is 0.0547. The molecule has 0 radical (unpaired) electrons. The topological polar surface area (TPSA) is 122 Å². The fourth-order valence-corrected chi connectivity index (χ4v) is 4.43. The van der Waals surface area contributed by atoms with E-state index in [9.17, 15) is 24.3 Å². The summed E-state index contributed by atoms with van der Waals surface area (Å²) in [6, 6.07) is 6.80. The number of imide groups is 1. The first kappa shape index (κ1) is 22.3. The Hall–Kier alpha value is -3.88. The number of amides is 3. The average molecular weight is 452 g/mol. The van der Waals surface area contributed by atoms with Crippen molar-refractivity contribution in [2.45, 2.75) is 38.1 Å². The maximum atomic E-state index is 13.0. The molecule has 0 aromatic heterocycles. The van der Waals surface area contributed by atoms with Crippen molar-refractivity contribution in [1.29, 1.82) is 0 Å². The third-order valence-corrected chi connectivity index (χ3v) is 6.12. The molecule has 3 amide bonds. The Morgan fingerprint density at radius 3 is 2.21 bits per heavy atom. The van der Waals surface area contributed by atoms with Gasteiger partial charge in [0.25, 0.3) is 17.7 Å².